The SMILES string of the molecule is CC.CC(C)C(=O)NC12CCC3C(CCC4C3(C)CCC3C(C)(C)C(OC(=O)CC(C)(C)C(=O)O)CCC34C)C1=C(C(C)C)C(=O)C2. The van der Waals surface area contributed by atoms with Gasteiger partial charge in [0.1, 0.15) is 6.10 Å². The molecular weight excluding hydrogens is 590 g/mol. The minimum atomic E-state index is -1.15. The lowest BCUT2D eigenvalue weighted by Crippen LogP contribution is -2.64. The van der Waals surface area contributed by atoms with E-state index in [1.807, 2.05) is 27.7 Å². The average Bonchev–Trinajstić information content (AvgIpc) is 3.27. The lowest BCUT2D eigenvalue weighted by Gasteiger charge is -2.68. The van der Waals surface area contributed by atoms with Gasteiger partial charge in [0.15, 0.2) is 5.78 Å². The molecule has 0 bridgehead atoms. The van der Waals surface area contributed by atoms with Crippen molar-refractivity contribution in [3.05, 3.63) is 11.1 Å². The maximum absolute atomic E-state index is 13.6. The van der Waals surface area contributed by atoms with Gasteiger partial charge < -0.3 is 15.2 Å². The van der Waals surface area contributed by atoms with Gasteiger partial charge >= 0.3 is 11.9 Å². The average molecular weight is 656 g/mol. The minimum Gasteiger partial charge on any atom is -0.481 e. The second-order valence-electron chi connectivity index (χ2n) is 18.0. The zero-order chi connectivity index (χ0) is 35.5. The predicted octanol–water partition coefficient (Wildman–Crippen LogP) is 8.54. The van der Waals surface area contributed by atoms with Crippen molar-refractivity contribution in [3.63, 3.8) is 0 Å². The Hall–Kier alpha value is -2.18. The highest BCUT2D eigenvalue weighted by Gasteiger charge is 2.67. The van der Waals surface area contributed by atoms with Crippen LogP contribution >= 0.6 is 0 Å². The number of fused-ring (bicyclic) bond motifs is 7. The molecule has 4 fully saturated rings. The third-order valence-electron chi connectivity index (χ3n) is 13.9. The van der Waals surface area contributed by atoms with Gasteiger partial charge in [0.2, 0.25) is 5.91 Å². The molecule has 0 saturated heterocycles. The summed E-state index contributed by atoms with van der Waals surface area (Å²) >= 11 is 0. The molecule has 47 heavy (non-hydrogen) atoms. The molecule has 0 radical (unpaired) electrons. The quantitative estimate of drug-likeness (QED) is 0.266. The Morgan fingerprint density at radius 2 is 1.51 bits per heavy atom. The van der Waals surface area contributed by atoms with Gasteiger partial charge in [-0.15, -0.1) is 0 Å². The molecule has 0 aromatic rings. The van der Waals surface area contributed by atoms with E-state index >= 15 is 0 Å². The Balaban J connectivity index is 0.00000245. The Morgan fingerprint density at radius 3 is 2.09 bits per heavy atom. The third kappa shape index (κ3) is 6.13. The molecule has 0 heterocycles. The Morgan fingerprint density at radius 1 is 0.894 bits per heavy atom. The summed E-state index contributed by atoms with van der Waals surface area (Å²) in [6, 6.07) is 0. The van der Waals surface area contributed by atoms with Crippen LogP contribution in [0.5, 0.6) is 0 Å². The number of aliphatic carboxylic acids is 1. The predicted molar refractivity (Wildman–Crippen MR) is 185 cm³/mol. The molecule has 5 rings (SSSR count). The largest absolute Gasteiger partial charge is 0.481 e. The molecule has 8 unspecified atom stereocenters. The highest BCUT2D eigenvalue weighted by atomic mass is 16.5. The molecule has 2 N–H and O–H groups in total. The first-order chi connectivity index (χ1) is 21.7. The molecule has 0 aromatic carbocycles. The summed E-state index contributed by atoms with van der Waals surface area (Å²) in [6.07, 6.45) is 8.04. The number of amides is 1. The monoisotopic (exact) mass is 655 g/mol. The van der Waals surface area contributed by atoms with Crippen molar-refractivity contribution in [1.82, 2.24) is 5.32 Å². The topological polar surface area (TPSA) is 110 Å². The molecule has 5 aliphatic carbocycles. The molecule has 0 aliphatic heterocycles. The van der Waals surface area contributed by atoms with E-state index in [1.54, 1.807) is 13.8 Å². The number of Topliss-reactive ketones (excluding diaryl/α,β-unsaturated/α-hetero) is 1. The van der Waals surface area contributed by atoms with E-state index in [-0.39, 0.29) is 52.3 Å². The van der Waals surface area contributed by atoms with Crippen molar-refractivity contribution in [2.45, 2.75) is 159 Å². The van der Waals surface area contributed by atoms with Crippen LogP contribution in [0.15, 0.2) is 11.1 Å². The lowest BCUT2D eigenvalue weighted by molar-refractivity contribution is -0.213. The van der Waals surface area contributed by atoms with Crippen molar-refractivity contribution < 1.29 is 29.0 Å². The number of esters is 1. The zero-order valence-corrected chi connectivity index (χ0v) is 31.6. The number of ketones is 1. The van der Waals surface area contributed by atoms with Gasteiger partial charge in [0, 0.05) is 17.8 Å². The fourth-order valence-corrected chi connectivity index (χ4v) is 11.6. The Kier molecular flexibility index (Phi) is 10.4. The van der Waals surface area contributed by atoms with Gasteiger partial charge in [-0.2, -0.15) is 0 Å². The molecular formula is C40H65NO6. The number of carbonyl (C=O) groups is 4. The van der Waals surface area contributed by atoms with Gasteiger partial charge in [0.25, 0.3) is 0 Å². The fraction of sp³-hybridized carbons (Fsp3) is 0.850. The molecule has 0 aromatic heterocycles. The van der Waals surface area contributed by atoms with Crippen molar-refractivity contribution >= 4 is 23.6 Å². The summed E-state index contributed by atoms with van der Waals surface area (Å²) in [5.74, 6) is 0.610. The van der Waals surface area contributed by atoms with Gasteiger partial charge in [-0.3, -0.25) is 19.2 Å². The molecule has 266 valence electrons. The summed E-state index contributed by atoms with van der Waals surface area (Å²) in [5.41, 5.74) is 0.607. The van der Waals surface area contributed by atoms with Crippen LogP contribution in [0.3, 0.4) is 0 Å². The Bertz CT molecular complexity index is 1290. The van der Waals surface area contributed by atoms with Crippen LogP contribution in [-0.2, 0) is 23.9 Å². The highest BCUT2D eigenvalue weighted by molar-refractivity contribution is 6.02. The van der Waals surface area contributed by atoms with E-state index in [2.05, 4.69) is 46.9 Å². The summed E-state index contributed by atoms with van der Waals surface area (Å²) in [4.78, 5) is 51.4. The van der Waals surface area contributed by atoms with E-state index < -0.39 is 22.9 Å². The van der Waals surface area contributed by atoms with Crippen LogP contribution in [-0.4, -0.2) is 40.4 Å². The molecule has 7 heteroatoms. The number of hydrogen-bond acceptors (Lipinski definition) is 5. The second-order valence-corrected chi connectivity index (χ2v) is 18.0. The van der Waals surface area contributed by atoms with Crippen molar-refractivity contribution in [2.24, 2.45) is 57.2 Å². The van der Waals surface area contributed by atoms with Gasteiger partial charge in [-0.1, -0.05) is 69.2 Å². The van der Waals surface area contributed by atoms with Crippen LogP contribution in [0.4, 0.5) is 0 Å². The van der Waals surface area contributed by atoms with E-state index in [0.717, 1.165) is 56.9 Å². The van der Waals surface area contributed by atoms with Gasteiger partial charge in [-0.05, 0) is 117 Å². The first-order valence-corrected chi connectivity index (χ1v) is 18.7. The smallest absolute Gasteiger partial charge is 0.309 e. The number of carbonyl (C=O) groups excluding carboxylic acids is 3. The fourth-order valence-electron chi connectivity index (χ4n) is 11.6. The number of nitrogens with one attached hydrogen (secondary N) is 1. The van der Waals surface area contributed by atoms with Crippen LogP contribution in [0.1, 0.15) is 147 Å². The number of carboxylic acid groups (broad SMARTS) is 1. The van der Waals surface area contributed by atoms with Crippen LogP contribution in [0.2, 0.25) is 0 Å². The highest BCUT2D eigenvalue weighted by Crippen LogP contribution is 2.72. The first kappa shape index (κ1) is 37.6. The molecule has 5 aliphatic rings. The van der Waals surface area contributed by atoms with Crippen molar-refractivity contribution in [3.8, 4) is 0 Å². The van der Waals surface area contributed by atoms with Crippen LogP contribution in [0.25, 0.3) is 0 Å². The van der Waals surface area contributed by atoms with E-state index in [4.69, 9.17) is 4.74 Å². The molecule has 8 atom stereocenters. The molecule has 0 spiro atoms. The number of carboxylic acids is 1. The van der Waals surface area contributed by atoms with Crippen molar-refractivity contribution in [1.29, 1.82) is 0 Å². The summed E-state index contributed by atoms with van der Waals surface area (Å²) in [7, 11) is 0. The van der Waals surface area contributed by atoms with Crippen LogP contribution < -0.4 is 5.32 Å². The van der Waals surface area contributed by atoms with E-state index in [0.29, 0.717) is 30.1 Å². The zero-order valence-electron chi connectivity index (χ0n) is 31.6. The minimum absolute atomic E-state index is 0.0443. The maximum Gasteiger partial charge on any atom is 0.309 e. The molecule has 7 nitrogen and oxygen atoms in total. The summed E-state index contributed by atoms with van der Waals surface area (Å²) in [6.45, 7) is 24.9. The lowest BCUT2D eigenvalue weighted by atomic mass is 9.37. The first-order valence-electron chi connectivity index (χ1n) is 18.7. The molecule has 4 saturated carbocycles. The summed E-state index contributed by atoms with van der Waals surface area (Å²) in [5, 5.41) is 13.0. The van der Waals surface area contributed by atoms with Gasteiger partial charge in [-0.25, -0.2) is 0 Å². The summed E-state index contributed by atoms with van der Waals surface area (Å²) < 4.78 is 6.11. The molecule has 1 amide bonds. The maximum atomic E-state index is 13.6. The normalized spacial score (nSPS) is 37.6. The standard InChI is InChI=1S/C38H59NO6.C2H6/c1-21(2)30-25(40)19-38(39-32(42)22(3)4)18-13-24-23(31(30)38)11-12-27-36(24,9)16-14-26-35(7,8)28(15-17-37(26,27)10)45-29(41)20-34(5,6)33(43)44;1-2/h21-24,26-28H,11-20H2,1-10H3,(H,39,42)(H,43,44);1-2H3. The number of ether oxygens (including phenoxy) is 1. The van der Waals surface area contributed by atoms with Crippen molar-refractivity contribution in [2.75, 3.05) is 0 Å². The number of rotatable bonds is 7. The van der Waals surface area contributed by atoms with Gasteiger partial charge in [0.05, 0.1) is 17.4 Å². The van der Waals surface area contributed by atoms with E-state index in [9.17, 15) is 24.3 Å². The Labute approximate surface area is 284 Å². The number of allylic oxidation sites excluding steroid dienone is 1. The second kappa shape index (κ2) is 12.9. The van der Waals surface area contributed by atoms with Crippen LogP contribution in [0, 0.1) is 57.2 Å². The third-order valence-corrected chi connectivity index (χ3v) is 13.9. The number of hydrogen-bond donors (Lipinski definition) is 2. The van der Waals surface area contributed by atoms with E-state index in [1.165, 1.54) is 5.57 Å².